The number of carbonyl (C=O) groups is 1. The van der Waals surface area contributed by atoms with E-state index >= 15 is 0 Å². The Balaban J connectivity index is 1.67. The molecule has 0 fully saturated rings. The second kappa shape index (κ2) is 7.47. The van der Waals surface area contributed by atoms with Crippen molar-refractivity contribution in [3.63, 3.8) is 0 Å². The van der Waals surface area contributed by atoms with E-state index in [9.17, 15) is 4.79 Å². The van der Waals surface area contributed by atoms with Crippen LogP contribution in [0.1, 0.15) is 18.9 Å². The van der Waals surface area contributed by atoms with Crippen LogP contribution in [0, 0.1) is 5.92 Å². The van der Waals surface area contributed by atoms with Crippen LogP contribution in [0.25, 0.3) is 0 Å². The highest BCUT2D eigenvalue weighted by Crippen LogP contribution is 2.10. The van der Waals surface area contributed by atoms with Gasteiger partial charge in [-0.3, -0.25) is 9.48 Å². The lowest BCUT2D eigenvalue weighted by Gasteiger charge is -2.12. The zero-order valence-electron chi connectivity index (χ0n) is 12.5. The summed E-state index contributed by atoms with van der Waals surface area (Å²) in [7, 11) is 1.86. The Labute approximate surface area is 124 Å². The maximum Gasteiger partial charge on any atom is 0.223 e. The molecule has 5 heteroatoms. The zero-order chi connectivity index (χ0) is 15.1. The standard InChI is InChI=1S/C16H21N3O2/c1-13(8-9-21-15-6-4-3-5-7-15)16(20)17-10-14-11-18-19(2)12-14/h3-7,11-13H,8-10H2,1-2H3,(H,17,20). The normalized spacial score (nSPS) is 11.9. The first-order valence-corrected chi connectivity index (χ1v) is 7.08. The van der Waals surface area contributed by atoms with E-state index < -0.39 is 0 Å². The number of aromatic nitrogens is 2. The van der Waals surface area contributed by atoms with Gasteiger partial charge in [-0.15, -0.1) is 0 Å². The zero-order valence-corrected chi connectivity index (χ0v) is 12.5. The van der Waals surface area contributed by atoms with Gasteiger partial charge in [0.25, 0.3) is 0 Å². The molecule has 0 saturated heterocycles. The van der Waals surface area contributed by atoms with Crippen molar-refractivity contribution in [2.75, 3.05) is 6.61 Å². The number of hydrogen-bond donors (Lipinski definition) is 1. The second-order valence-electron chi connectivity index (χ2n) is 5.09. The molecule has 0 bridgehead atoms. The molecule has 1 amide bonds. The summed E-state index contributed by atoms with van der Waals surface area (Å²) >= 11 is 0. The van der Waals surface area contributed by atoms with Crippen LogP contribution < -0.4 is 10.1 Å². The highest BCUT2D eigenvalue weighted by molar-refractivity contribution is 5.78. The number of carbonyl (C=O) groups excluding carboxylic acids is 1. The molecule has 2 aromatic rings. The van der Waals surface area contributed by atoms with Crippen molar-refractivity contribution in [2.24, 2.45) is 13.0 Å². The van der Waals surface area contributed by atoms with Gasteiger partial charge in [-0.2, -0.15) is 5.10 Å². The molecule has 1 heterocycles. The number of nitrogens with zero attached hydrogens (tertiary/aromatic N) is 2. The fraction of sp³-hybridized carbons (Fsp3) is 0.375. The largest absolute Gasteiger partial charge is 0.494 e. The number of amides is 1. The summed E-state index contributed by atoms with van der Waals surface area (Å²) in [5, 5.41) is 6.98. The third kappa shape index (κ3) is 4.95. The summed E-state index contributed by atoms with van der Waals surface area (Å²) < 4.78 is 7.32. The third-order valence-corrected chi connectivity index (χ3v) is 3.24. The molecule has 1 unspecified atom stereocenters. The van der Waals surface area contributed by atoms with E-state index in [1.165, 1.54) is 0 Å². The molecule has 1 aromatic heterocycles. The fourth-order valence-corrected chi connectivity index (χ4v) is 1.93. The Hall–Kier alpha value is -2.30. The maximum absolute atomic E-state index is 12.0. The lowest BCUT2D eigenvalue weighted by atomic mass is 10.1. The van der Waals surface area contributed by atoms with Gasteiger partial charge in [0.1, 0.15) is 5.75 Å². The van der Waals surface area contributed by atoms with E-state index in [4.69, 9.17) is 4.74 Å². The number of hydrogen-bond acceptors (Lipinski definition) is 3. The minimum Gasteiger partial charge on any atom is -0.494 e. The average Bonchev–Trinajstić information content (AvgIpc) is 2.91. The van der Waals surface area contributed by atoms with Gasteiger partial charge in [-0.25, -0.2) is 0 Å². The first kappa shape index (κ1) is 15.1. The van der Waals surface area contributed by atoms with E-state index in [0.717, 1.165) is 11.3 Å². The smallest absolute Gasteiger partial charge is 0.223 e. The Morgan fingerprint density at radius 3 is 2.81 bits per heavy atom. The van der Waals surface area contributed by atoms with Crippen LogP contribution in [0.4, 0.5) is 0 Å². The lowest BCUT2D eigenvalue weighted by molar-refractivity contribution is -0.125. The topological polar surface area (TPSA) is 56.1 Å². The van der Waals surface area contributed by atoms with Gasteiger partial charge in [0, 0.05) is 31.3 Å². The number of benzene rings is 1. The molecular formula is C16H21N3O2. The molecule has 112 valence electrons. The minimum atomic E-state index is -0.0783. The molecule has 2 rings (SSSR count). The van der Waals surface area contributed by atoms with Crippen molar-refractivity contribution in [1.29, 1.82) is 0 Å². The van der Waals surface area contributed by atoms with E-state index in [1.807, 2.05) is 50.5 Å². The summed E-state index contributed by atoms with van der Waals surface area (Å²) in [6.07, 6.45) is 4.33. The first-order valence-electron chi connectivity index (χ1n) is 7.08. The Morgan fingerprint density at radius 2 is 2.14 bits per heavy atom. The summed E-state index contributed by atoms with van der Waals surface area (Å²) in [6, 6.07) is 9.63. The van der Waals surface area contributed by atoms with Crippen molar-refractivity contribution in [2.45, 2.75) is 19.9 Å². The van der Waals surface area contributed by atoms with Crippen LogP contribution in [0.3, 0.4) is 0 Å². The minimum absolute atomic E-state index is 0.0375. The van der Waals surface area contributed by atoms with E-state index in [1.54, 1.807) is 10.9 Å². The molecule has 0 aliphatic heterocycles. The van der Waals surface area contributed by atoms with Gasteiger partial charge >= 0.3 is 0 Å². The van der Waals surface area contributed by atoms with E-state index in [2.05, 4.69) is 10.4 Å². The predicted octanol–water partition coefficient (Wildman–Crippen LogP) is 2.14. The Morgan fingerprint density at radius 1 is 1.38 bits per heavy atom. The van der Waals surface area contributed by atoms with Gasteiger partial charge in [0.2, 0.25) is 5.91 Å². The summed E-state index contributed by atoms with van der Waals surface area (Å²) in [5.74, 6) is 0.793. The van der Waals surface area contributed by atoms with Crippen LogP contribution >= 0.6 is 0 Å². The van der Waals surface area contributed by atoms with Gasteiger partial charge in [0.15, 0.2) is 0 Å². The number of aryl methyl sites for hydroxylation is 1. The van der Waals surface area contributed by atoms with Crippen molar-refractivity contribution in [1.82, 2.24) is 15.1 Å². The monoisotopic (exact) mass is 287 g/mol. The molecule has 0 aliphatic rings. The molecule has 0 aliphatic carbocycles. The van der Waals surface area contributed by atoms with E-state index in [-0.39, 0.29) is 11.8 Å². The highest BCUT2D eigenvalue weighted by atomic mass is 16.5. The molecule has 1 N–H and O–H groups in total. The molecular weight excluding hydrogens is 266 g/mol. The van der Waals surface area contributed by atoms with E-state index in [0.29, 0.717) is 19.6 Å². The van der Waals surface area contributed by atoms with Crippen LogP contribution in [0.2, 0.25) is 0 Å². The molecule has 1 aromatic carbocycles. The number of para-hydroxylation sites is 1. The van der Waals surface area contributed by atoms with Gasteiger partial charge in [-0.1, -0.05) is 25.1 Å². The van der Waals surface area contributed by atoms with Crippen molar-refractivity contribution in [3.8, 4) is 5.75 Å². The van der Waals surface area contributed by atoms with Crippen LogP contribution in [-0.4, -0.2) is 22.3 Å². The fourth-order valence-electron chi connectivity index (χ4n) is 1.93. The van der Waals surface area contributed by atoms with Gasteiger partial charge < -0.3 is 10.1 Å². The molecule has 0 radical (unpaired) electrons. The average molecular weight is 287 g/mol. The summed E-state index contributed by atoms with van der Waals surface area (Å²) in [4.78, 5) is 12.0. The molecule has 0 saturated carbocycles. The maximum atomic E-state index is 12.0. The van der Waals surface area contributed by atoms with Gasteiger partial charge in [0.05, 0.1) is 12.8 Å². The third-order valence-electron chi connectivity index (χ3n) is 3.24. The van der Waals surface area contributed by atoms with Crippen molar-refractivity contribution in [3.05, 3.63) is 48.3 Å². The van der Waals surface area contributed by atoms with Gasteiger partial charge in [-0.05, 0) is 18.6 Å². The van der Waals surface area contributed by atoms with Crippen molar-refractivity contribution >= 4 is 5.91 Å². The second-order valence-corrected chi connectivity index (χ2v) is 5.09. The van der Waals surface area contributed by atoms with Crippen LogP contribution in [0.15, 0.2) is 42.7 Å². The predicted molar refractivity (Wildman–Crippen MR) is 80.8 cm³/mol. The summed E-state index contributed by atoms with van der Waals surface area (Å²) in [5.41, 5.74) is 0.999. The lowest BCUT2D eigenvalue weighted by Crippen LogP contribution is -2.29. The number of ether oxygens (including phenoxy) is 1. The molecule has 1 atom stereocenters. The Kier molecular flexibility index (Phi) is 5.37. The van der Waals surface area contributed by atoms with Crippen molar-refractivity contribution < 1.29 is 9.53 Å². The highest BCUT2D eigenvalue weighted by Gasteiger charge is 2.12. The molecule has 5 nitrogen and oxygen atoms in total. The summed E-state index contributed by atoms with van der Waals surface area (Å²) in [6.45, 7) is 2.95. The number of nitrogens with one attached hydrogen (secondary N) is 1. The molecule has 21 heavy (non-hydrogen) atoms. The number of rotatable bonds is 7. The van der Waals surface area contributed by atoms with Crippen LogP contribution in [-0.2, 0) is 18.4 Å². The SMILES string of the molecule is CC(CCOc1ccccc1)C(=O)NCc1cnn(C)c1. The Bertz CT molecular complexity index is 566. The first-order chi connectivity index (χ1) is 10.1. The molecule has 0 spiro atoms. The quantitative estimate of drug-likeness (QED) is 0.849. The van der Waals surface area contributed by atoms with Crippen LogP contribution in [0.5, 0.6) is 5.75 Å².